The lowest BCUT2D eigenvalue weighted by Gasteiger charge is -2.07. The van der Waals surface area contributed by atoms with E-state index in [9.17, 15) is 4.79 Å². The molecule has 0 aromatic heterocycles. The average molecular weight is 202 g/mol. The van der Waals surface area contributed by atoms with Crippen molar-refractivity contribution < 1.29 is 4.79 Å². The molecule has 0 radical (unpaired) electrons. The molecule has 1 atom stereocenters. The number of Topliss-reactive ketones (excluding diaryl/α,β-unsaturated/α-hetero) is 1. The Bertz CT molecular complexity index is 134. The fourth-order valence-corrected chi connectivity index (χ4v) is 1.86. The molecule has 2 heteroatoms. The van der Waals surface area contributed by atoms with Crippen LogP contribution in [0.4, 0.5) is 0 Å². The Morgan fingerprint density at radius 3 is 2.38 bits per heavy atom. The molecular formula is C11H22OS. The van der Waals surface area contributed by atoms with Gasteiger partial charge in [-0.05, 0) is 13.3 Å². The summed E-state index contributed by atoms with van der Waals surface area (Å²) in [7, 11) is 0. The summed E-state index contributed by atoms with van der Waals surface area (Å²) < 4.78 is 0. The normalized spacial score (nSPS) is 12.8. The smallest absolute Gasteiger partial charge is 0.130 e. The van der Waals surface area contributed by atoms with Crippen molar-refractivity contribution in [2.24, 2.45) is 0 Å². The lowest BCUT2D eigenvalue weighted by Crippen LogP contribution is -2.04. The summed E-state index contributed by atoms with van der Waals surface area (Å²) in [5.74, 6) is 0.258. The Labute approximate surface area is 87.7 Å². The molecule has 0 aliphatic carbocycles. The van der Waals surface area contributed by atoms with E-state index in [1.54, 1.807) is 6.92 Å². The zero-order chi connectivity index (χ0) is 10.1. The van der Waals surface area contributed by atoms with Crippen LogP contribution >= 0.6 is 12.6 Å². The van der Waals surface area contributed by atoms with Crippen LogP contribution in [0.2, 0.25) is 0 Å². The molecule has 78 valence electrons. The second-order valence-corrected chi connectivity index (χ2v) is 4.49. The maximum atomic E-state index is 10.7. The van der Waals surface area contributed by atoms with Crippen molar-refractivity contribution in [1.29, 1.82) is 0 Å². The van der Waals surface area contributed by atoms with E-state index in [1.807, 2.05) is 0 Å². The van der Waals surface area contributed by atoms with Gasteiger partial charge in [0.2, 0.25) is 0 Å². The molecule has 0 aliphatic rings. The van der Waals surface area contributed by atoms with E-state index in [0.717, 1.165) is 6.42 Å². The van der Waals surface area contributed by atoms with Gasteiger partial charge in [0.15, 0.2) is 0 Å². The number of ketones is 1. The largest absolute Gasteiger partial charge is 0.300 e. The molecule has 1 nitrogen and oxygen atoms in total. The van der Waals surface area contributed by atoms with Gasteiger partial charge in [-0.3, -0.25) is 4.79 Å². The molecule has 0 aliphatic heterocycles. The molecule has 0 rings (SSSR count). The number of hydrogen-bond acceptors (Lipinski definition) is 2. The van der Waals surface area contributed by atoms with Crippen molar-refractivity contribution in [3.05, 3.63) is 0 Å². The van der Waals surface area contributed by atoms with Gasteiger partial charge in [-0.25, -0.2) is 0 Å². The minimum atomic E-state index is 0.258. The summed E-state index contributed by atoms with van der Waals surface area (Å²) in [6.07, 6.45) is 8.20. The van der Waals surface area contributed by atoms with E-state index in [4.69, 9.17) is 0 Å². The molecule has 0 bridgehead atoms. The van der Waals surface area contributed by atoms with E-state index >= 15 is 0 Å². The van der Waals surface area contributed by atoms with Gasteiger partial charge in [-0.15, -0.1) is 0 Å². The third-order valence-corrected chi connectivity index (χ3v) is 2.60. The minimum absolute atomic E-state index is 0.258. The quantitative estimate of drug-likeness (QED) is 0.470. The first kappa shape index (κ1) is 13.0. The first-order valence-electron chi connectivity index (χ1n) is 5.34. The SMILES string of the molecule is CCCCCCCC(S)CC(C)=O. The van der Waals surface area contributed by atoms with Gasteiger partial charge < -0.3 is 0 Å². The van der Waals surface area contributed by atoms with Gasteiger partial charge in [0.1, 0.15) is 5.78 Å². The van der Waals surface area contributed by atoms with E-state index < -0.39 is 0 Å². The molecule has 0 aromatic carbocycles. The Morgan fingerprint density at radius 1 is 1.23 bits per heavy atom. The van der Waals surface area contributed by atoms with Gasteiger partial charge in [-0.1, -0.05) is 39.0 Å². The molecule has 0 saturated heterocycles. The second-order valence-electron chi connectivity index (χ2n) is 3.76. The summed E-state index contributed by atoms with van der Waals surface area (Å²) in [6, 6.07) is 0. The lowest BCUT2D eigenvalue weighted by atomic mass is 10.1. The van der Waals surface area contributed by atoms with Crippen molar-refractivity contribution in [3.8, 4) is 0 Å². The van der Waals surface area contributed by atoms with Crippen molar-refractivity contribution >= 4 is 18.4 Å². The van der Waals surface area contributed by atoms with E-state index in [2.05, 4.69) is 19.6 Å². The maximum Gasteiger partial charge on any atom is 0.130 e. The third-order valence-electron chi connectivity index (χ3n) is 2.16. The fraction of sp³-hybridized carbons (Fsp3) is 0.909. The van der Waals surface area contributed by atoms with E-state index in [1.165, 1.54) is 32.1 Å². The minimum Gasteiger partial charge on any atom is -0.300 e. The number of unbranched alkanes of at least 4 members (excludes halogenated alkanes) is 4. The zero-order valence-electron chi connectivity index (χ0n) is 8.88. The van der Waals surface area contributed by atoms with Gasteiger partial charge >= 0.3 is 0 Å². The Morgan fingerprint density at radius 2 is 1.85 bits per heavy atom. The standard InChI is InChI=1S/C11H22OS/c1-3-4-5-6-7-8-11(13)9-10(2)12/h11,13H,3-9H2,1-2H3. The van der Waals surface area contributed by atoms with E-state index in [0.29, 0.717) is 11.7 Å². The van der Waals surface area contributed by atoms with E-state index in [-0.39, 0.29) is 5.78 Å². The molecule has 0 aromatic rings. The molecule has 13 heavy (non-hydrogen) atoms. The number of hydrogen-bond donors (Lipinski definition) is 1. The average Bonchev–Trinajstić information content (AvgIpc) is 2.02. The molecular weight excluding hydrogens is 180 g/mol. The molecule has 0 heterocycles. The summed E-state index contributed by atoms with van der Waals surface area (Å²) in [5, 5.41) is 0.291. The first-order valence-corrected chi connectivity index (χ1v) is 5.86. The van der Waals surface area contributed by atoms with Crippen LogP contribution in [0.15, 0.2) is 0 Å². The highest BCUT2D eigenvalue weighted by molar-refractivity contribution is 7.81. The highest BCUT2D eigenvalue weighted by Gasteiger charge is 2.05. The predicted molar refractivity (Wildman–Crippen MR) is 61.4 cm³/mol. The van der Waals surface area contributed by atoms with Crippen molar-refractivity contribution in [2.45, 2.75) is 64.0 Å². The summed E-state index contributed by atoms with van der Waals surface area (Å²) in [5.41, 5.74) is 0. The van der Waals surface area contributed by atoms with Crippen molar-refractivity contribution in [3.63, 3.8) is 0 Å². The van der Waals surface area contributed by atoms with Crippen LogP contribution in [0, 0.1) is 0 Å². The van der Waals surface area contributed by atoms with Crippen LogP contribution in [0.3, 0.4) is 0 Å². The maximum absolute atomic E-state index is 10.7. The number of rotatable bonds is 8. The summed E-state index contributed by atoms with van der Waals surface area (Å²) in [6.45, 7) is 3.86. The number of thiol groups is 1. The zero-order valence-corrected chi connectivity index (χ0v) is 9.78. The van der Waals surface area contributed by atoms with Crippen LogP contribution in [0.25, 0.3) is 0 Å². The lowest BCUT2D eigenvalue weighted by molar-refractivity contribution is -0.117. The number of carbonyl (C=O) groups excluding carboxylic acids is 1. The van der Waals surface area contributed by atoms with Gasteiger partial charge in [0.05, 0.1) is 0 Å². The molecule has 0 amide bonds. The molecule has 0 fully saturated rings. The van der Waals surface area contributed by atoms with Crippen molar-refractivity contribution in [1.82, 2.24) is 0 Å². The summed E-state index contributed by atoms with van der Waals surface area (Å²) in [4.78, 5) is 10.7. The van der Waals surface area contributed by atoms with Gasteiger partial charge in [0.25, 0.3) is 0 Å². The molecule has 0 spiro atoms. The molecule has 0 saturated carbocycles. The van der Waals surface area contributed by atoms with Crippen LogP contribution in [0.5, 0.6) is 0 Å². The third kappa shape index (κ3) is 9.94. The topological polar surface area (TPSA) is 17.1 Å². The number of carbonyl (C=O) groups is 1. The van der Waals surface area contributed by atoms with Gasteiger partial charge in [-0.2, -0.15) is 12.6 Å². The van der Waals surface area contributed by atoms with Crippen molar-refractivity contribution in [2.75, 3.05) is 0 Å². The molecule has 0 N–H and O–H groups in total. The summed E-state index contributed by atoms with van der Waals surface area (Å²) >= 11 is 4.37. The first-order chi connectivity index (χ1) is 6.16. The van der Waals surface area contributed by atoms with Crippen LogP contribution < -0.4 is 0 Å². The Kier molecular flexibility index (Phi) is 8.62. The van der Waals surface area contributed by atoms with Crippen LogP contribution in [-0.2, 0) is 4.79 Å². The predicted octanol–water partition coefficient (Wildman–Crippen LogP) is 3.62. The highest BCUT2D eigenvalue weighted by Crippen LogP contribution is 2.13. The van der Waals surface area contributed by atoms with Crippen LogP contribution in [0.1, 0.15) is 58.8 Å². The van der Waals surface area contributed by atoms with Gasteiger partial charge in [0, 0.05) is 11.7 Å². The monoisotopic (exact) mass is 202 g/mol. The second kappa shape index (κ2) is 8.61. The Balaban J connectivity index is 3.17. The fourth-order valence-electron chi connectivity index (χ4n) is 1.42. The molecule has 1 unspecified atom stereocenters. The van der Waals surface area contributed by atoms with Crippen LogP contribution in [-0.4, -0.2) is 11.0 Å². The highest BCUT2D eigenvalue weighted by atomic mass is 32.1. The Hall–Kier alpha value is 0.0200.